The van der Waals surface area contributed by atoms with Gasteiger partial charge in [-0.15, -0.1) is 0 Å². The quantitative estimate of drug-likeness (QED) is 0.312. The van der Waals surface area contributed by atoms with Gasteiger partial charge >= 0.3 is 0 Å². The number of hydrogen-bond donors (Lipinski definition) is 0. The summed E-state index contributed by atoms with van der Waals surface area (Å²) < 4.78 is 21.3. The van der Waals surface area contributed by atoms with Gasteiger partial charge in [-0.2, -0.15) is 0 Å². The number of carbonyl (C=O) groups excluding carboxylic acids is 1. The molecule has 0 heterocycles. The first-order valence-corrected chi connectivity index (χ1v) is 8.71. The summed E-state index contributed by atoms with van der Waals surface area (Å²) in [6.07, 6.45) is -0.0495. The molecule has 0 atom stereocenters. The standard InChI is InChI=1S/C10H24NO2.C7H14O4/c1-5-11(3,6-2)7-8-13-10-9-12-4;1-2-10-5-6-11-4-3-7(8)9/h5-10H2,1-4H3;2-6H2,1H3,(H,8,9)/q+1;/p-1. The number of ether oxygens (including phenoxy) is 4. The number of likely N-dealkylation sites (N-methyl/N-ethyl adjacent to an activating group) is 1. The van der Waals surface area contributed by atoms with Crippen LogP contribution in [0.15, 0.2) is 0 Å². The van der Waals surface area contributed by atoms with E-state index in [-0.39, 0.29) is 13.0 Å². The summed E-state index contributed by atoms with van der Waals surface area (Å²) >= 11 is 0. The van der Waals surface area contributed by atoms with E-state index in [1.165, 1.54) is 13.1 Å². The SMILES string of the molecule is CCOCCOCCC(=O)[O-].CC[N+](C)(CC)CCOCCOC. The maximum Gasteiger partial charge on any atom is 0.102 e. The molecule has 24 heavy (non-hydrogen) atoms. The average molecular weight is 351 g/mol. The van der Waals surface area contributed by atoms with Crippen LogP contribution in [-0.4, -0.2) is 90.5 Å². The molecule has 0 aromatic heterocycles. The van der Waals surface area contributed by atoms with Crippen LogP contribution in [0.25, 0.3) is 0 Å². The summed E-state index contributed by atoms with van der Waals surface area (Å²) in [4.78, 5) is 9.87. The van der Waals surface area contributed by atoms with Gasteiger partial charge in [0.1, 0.15) is 6.54 Å². The largest absolute Gasteiger partial charge is 0.550 e. The van der Waals surface area contributed by atoms with E-state index in [1.54, 1.807) is 7.11 Å². The number of aliphatic carboxylic acids is 1. The molecule has 0 N–H and O–H groups in total. The highest BCUT2D eigenvalue weighted by Gasteiger charge is 2.15. The Labute approximate surface area is 147 Å². The molecule has 0 saturated carbocycles. The molecule has 7 heteroatoms. The van der Waals surface area contributed by atoms with Gasteiger partial charge in [-0.25, -0.2) is 0 Å². The first-order chi connectivity index (χ1) is 11.5. The van der Waals surface area contributed by atoms with Crippen molar-refractivity contribution in [1.82, 2.24) is 0 Å². The van der Waals surface area contributed by atoms with E-state index in [0.717, 1.165) is 17.6 Å². The normalized spacial score (nSPS) is 11.0. The zero-order valence-electron chi connectivity index (χ0n) is 16.2. The lowest BCUT2D eigenvalue weighted by molar-refractivity contribution is -0.906. The van der Waals surface area contributed by atoms with Crippen LogP contribution in [0.3, 0.4) is 0 Å². The number of quaternary nitrogens is 1. The smallest absolute Gasteiger partial charge is 0.102 e. The van der Waals surface area contributed by atoms with Crippen LogP contribution in [0, 0.1) is 0 Å². The van der Waals surface area contributed by atoms with Crippen molar-refractivity contribution in [2.75, 3.05) is 80.0 Å². The van der Waals surface area contributed by atoms with E-state index < -0.39 is 5.97 Å². The summed E-state index contributed by atoms with van der Waals surface area (Å²) in [7, 11) is 3.96. The summed E-state index contributed by atoms with van der Waals surface area (Å²) in [6, 6.07) is 0. The van der Waals surface area contributed by atoms with Gasteiger partial charge in [-0.1, -0.05) is 0 Å². The molecule has 0 aromatic rings. The zero-order chi connectivity index (χ0) is 18.7. The highest BCUT2D eigenvalue weighted by atomic mass is 16.5. The second-order valence-electron chi connectivity index (χ2n) is 5.51. The van der Waals surface area contributed by atoms with E-state index in [0.29, 0.717) is 33.0 Å². The lowest BCUT2D eigenvalue weighted by Crippen LogP contribution is -2.45. The van der Waals surface area contributed by atoms with E-state index in [2.05, 4.69) is 20.9 Å². The average Bonchev–Trinajstić information content (AvgIpc) is 2.58. The Morgan fingerprint density at radius 2 is 1.42 bits per heavy atom. The Bertz CT molecular complexity index is 272. The molecule has 0 aliphatic heterocycles. The molecule has 0 radical (unpaired) electrons. The van der Waals surface area contributed by atoms with Gasteiger partial charge in [-0.05, 0) is 20.8 Å². The second kappa shape index (κ2) is 18.6. The number of carboxylic acids is 1. The highest BCUT2D eigenvalue weighted by Crippen LogP contribution is 1.99. The van der Waals surface area contributed by atoms with Crippen LogP contribution in [0.4, 0.5) is 0 Å². The van der Waals surface area contributed by atoms with Gasteiger partial charge in [0, 0.05) is 26.1 Å². The molecular weight excluding hydrogens is 314 g/mol. The third kappa shape index (κ3) is 19.3. The number of nitrogens with zero attached hydrogens (tertiary/aromatic N) is 1. The minimum absolute atomic E-state index is 0.0495. The fourth-order valence-corrected chi connectivity index (χ4v) is 1.59. The van der Waals surface area contributed by atoms with Crippen molar-refractivity contribution in [2.45, 2.75) is 27.2 Å². The lowest BCUT2D eigenvalue weighted by atomic mass is 10.4. The Kier molecular flexibility index (Phi) is 19.8. The highest BCUT2D eigenvalue weighted by molar-refractivity contribution is 5.64. The van der Waals surface area contributed by atoms with Crippen molar-refractivity contribution >= 4 is 5.97 Å². The van der Waals surface area contributed by atoms with Gasteiger partial charge in [0.15, 0.2) is 0 Å². The molecule has 0 bridgehead atoms. The molecule has 0 unspecified atom stereocenters. The Hall–Kier alpha value is -0.730. The number of rotatable bonds is 15. The third-order valence-electron chi connectivity index (χ3n) is 3.76. The van der Waals surface area contributed by atoms with Crippen LogP contribution in [-0.2, 0) is 23.7 Å². The molecular formula is C17H37NO6. The van der Waals surface area contributed by atoms with E-state index >= 15 is 0 Å². The minimum atomic E-state index is -1.08. The van der Waals surface area contributed by atoms with E-state index in [1.807, 2.05) is 6.92 Å². The Morgan fingerprint density at radius 3 is 1.92 bits per heavy atom. The Morgan fingerprint density at radius 1 is 0.875 bits per heavy atom. The van der Waals surface area contributed by atoms with Gasteiger partial charge in [-0.3, -0.25) is 0 Å². The second-order valence-corrected chi connectivity index (χ2v) is 5.51. The molecule has 7 nitrogen and oxygen atoms in total. The molecule has 146 valence electrons. The van der Waals surface area contributed by atoms with Gasteiger partial charge in [0.05, 0.1) is 59.8 Å². The van der Waals surface area contributed by atoms with Crippen LogP contribution < -0.4 is 5.11 Å². The maximum absolute atomic E-state index is 9.87. The molecule has 0 rings (SSSR count). The first kappa shape index (κ1) is 25.5. The van der Waals surface area contributed by atoms with Crippen molar-refractivity contribution < 1.29 is 33.3 Å². The summed E-state index contributed by atoms with van der Waals surface area (Å²) in [5.74, 6) is -1.08. The predicted molar refractivity (Wildman–Crippen MR) is 91.8 cm³/mol. The lowest BCUT2D eigenvalue weighted by Gasteiger charge is -2.31. The monoisotopic (exact) mass is 351 g/mol. The molecule has 0 spiro atoms. The number of carbonyl (C=O) groups is 1. The number of hydrogen-bond acceptors (Lipinski definition) is 6. The number of methoxy groups -OCH3 is 1. The van der Waals surface area contributed by atoms with E-state index in [4.69, 9.17) is 18.9 Å². The fraction of sp³-hybridized carbons (Fsp3) is 0.941. The predicted octanol–water partition coefficient (Wildman–Crippen LogP) is 0.315. The summed E-state index contributed by atoms with van der Waals surface area (Å²) in [5.41, 5.74) is 0. The molecule has 0 fully saturated rings. The Balaban J connectivity index is 0. The van der Waals surface area contributed by atoms with Crippen molar-refractivity contribution in [3.8, 4) is 0 Å². The molecule has 0 aliphatic rings. The maximum atomic E-state index is 9.87. The van der Waals surface area contributed by atoms with Crippen LogP contribution >= 0.6 is 0 Å². The molecule has 0 saturated heterocycles. The summed E-state index contributed by atoms with van der Waals surface area (Å²) in [6.45, 7) is 13.8. The van der Waals surface area contributed by atoms with Crippen LogP contribution in [0.2, 0.25) is 0 Å². The van der Waals surface area contributed by atoms with Gasteiger partial charge < -0.3 is 33.3 Å². The van der Waals surface area contributed by atoms with Crippen molar-refractivity contribution in [2.24, 2.45) is 0 Å². The van der Waals surface area contributed by atoms with Crippen molar-refractivity contribution in [1.29, 1.82) is 0 Å². The van der Waals surface area contributed by atoms with Crippen LogP contribution in [0.1, 0.15) is 27.2 Å². The van der Waals surface area contributed by atoms with Crippen LogP contribution in [0.5, 0.6) is 0 Å². The number of carboxylic acid groups (broad SMARTS) is 1. The first-order valence-electron chi connectivity index (χ1n) is 8.71. The minimum Gasteiger partial charge on any atom is -0.550 e. The zero-order valence-corrected chi connectivity index (χ0v) is 16.2. The fourth-order valence-electron chi connectivity index (χ4n) is 1.59. The van der Waals surface area contributed by atoms with Crippen molar-refractivity contribution in [3.63, 3.8) is 0 Å². The summed E-state index contributed by atoms with van der Waals surface area (Å²) in [5, 5.41) is 9.87. The van der Waals surface area contributed by atoms with Gasteiger partial charge in [0.25, 0.3) is 0 Å². The topological polar surface area (TPSA) is 77.1 Å². The third-order valence-corrected chi connectivity index (χ3v) is 3.76. The molecule has 0 aliphatic carbocycles. The molecule has 0 aromatic carbocycles. The molecule has 0 amide bonds. The van der Waals surface area contributed by atoms with Crippen molar-refractivity contribution in [3.05, 3.63) is 0 Å². The van der Waals surface area contributed by atoms with Gasteiger partial charge in [0.2, 0.25) is 0 Å². The van der Waals surface area contributed by atoms with E-state index in [9.17, 15) is 9.90 Å².